The van der Waals surface area contributed by atoms with Gasteiger partial charge in [-0.2, -0.15) is 0 Å². The van der Waals surface area contributed by atoms with Crippen molar-refractivity contribution in [1.82, 2.24) is 4.90 Å². The molecule has 0 unspecified atom stereocenters. The molecule has 0 aromatic heterocycles. The number of methoxy groups -OCH3 is 1. The summed E-state index contributed by atoms with van der Waals surface area (Å²) in [6, 6.07) is 5.37. The molecule has 0 saturated carbocycles. The Morgan fingerprint density at radius 2 is 1.68 bits per heavy atom. The van der Waals surface area contributed by atoms with Gasteiger partial charge in [0.25, 0.3) is 11.8 Å². The fourth-order valence-electron chi connectivity index (χ4n) is 2.08. The summed E-state index contributed by atoms with van der Waals surface area (Å²) < 4.78 is 4.64. The fraction of sp³-hybridized carbons (Fsp3) is 0.214. The first-order valence-corrected chi connectivity index (χ1v) is 5.69. The van der Waals surface area contributed by atoms with Crippen LogP contribution >= 0.6 is 0 Å². The summed E-state index contributed by atoms with van der Waals surface area (Å²) in [6.07, 6.45) is 0. The number of benzene rings is 1. The van der Waals surface area contributed by atoms with Crippen molar-refractivity contribution >= 4 is 17.8 Å². The zero-order valence-electron chi connectivity index (χ0n) is 10.7. The molecule has 0 bridgehead atoms. The number of carbonyl (C=O) groups excluding carboxylic acids is 3. The molecular formula is C14H13NO4. The molecule has 1 aliphatic heterocycles. The Labute approximate surface area is 110 Å². The number of ether oxygens (including phenoxy) is 1. The first kappa shape index (κ1) is 13.0. The van der Waals surface area contributed by atoms with Gasteiger partial charge in [-0.25, -0.2) is 4.79 Å². The van der Waals surface area contributed by atoms with Gasteiger partial charge in [0.1, 0.15) is 0 Å². The molecule has 1 aromatic carbocycles. The minimum absolute atomic E-state index is 0.294. The zero-order valence-corrected chi connectivity index (χ0v) is 10.7. The molecule has 1 heterocycles. The predicted molar refractivity (Wildman–Crippen MR) is 67.6 cm³/mol. The van der Waals surface area contributed by atoms with E-state index in [1.807, 2.05) is 0 Å². The van der Waals surface area contributed by atoms with Crippen LogP contribution in [0.5, 0.6) is 0 Å². The molecule has 0 fully saturated rings. The number of hydrogen-bond donors (Lipinski definition) is 0. The van der Waals surface area contributed by atoms with Gasteiger partial charge < -0.3 is 4.74 Å². The van der Waals surface area contributed by atoms with Gasteiger partial charge in [-0.05, 0) is 24.6 Å². The monoisotopic (exact) mass is 259 g/mol. The largest absolute Gasteiger partial charge is 0.467 e. The normalized spacial score (nSPS) is 15.2. The van der Waals surface area contributed by atoms with E-state index in [9.17, 15) is 14.4 Å². The second kappa shape index (κ2) is 4.68. The molecule has 5 heteroatoms. The van der Waals surface area contributed by atoms with Crippen molar-refractivity contribution in [2.24, 2.45) is 0 Å². The van der Waals surface area contributed by atoms with Crippen LogP contribution in [0.3, 0.4) is 0 Å². The SMILES string of the molecule is C=C(C)[C@@H](C(=O)OC)N1C(=O)c2ccccc2C1=O. The molecule has 0 N–H and O–H groups in total. The topological polar surface area (TPSA) is 63.7 Å². The third-order valence-corrected chi connectivity index (χ3v) is 2.97. The van der Waals surface area contributed by atoms with Gasteiger partial charge >= 0.3 is 5.97 Å². The predicted octanol–water partition coefficient (Wildman–Crippen LogP) is 1.40. The minimum Gasteiger partial charge on any atom is -0.467 e. The van der Waals surface area contributed by atoms with Crippen LogP contribution in [0.25, 0.3) is 0 Å². The lowest BCUT2D eigenvalue weighted by Gasteiger charge is -2.23. The molecule has 0 spiro atoms. The Balaban J connectivity index is 2.48. The first-order chi connectivity index (χ1) is 8.99. The van der Waals surface area contributed by atoms with Gasteiger partial charge in [0.05, 0.1) is 18.2 Å². The number of carbonyl (C=O) groups is 3. The van der Waals surface area contributed by atoms with Crippen molar-refractivity contribution in [1.29, 1.82) is 0 Å². The summed E-state index contributed by atoms with van der Waals surface area (Å²) >= 11 is 0. The lowest BCUT2D eigenvalue weighted by Crippen LogP contribution is -2.45. The standard InChI is InChI=1S/C14H13NO4/c1-8(2)11(14(18)19-3)15-12(16)9-6-4-5-7-10(9)13(15)17/h4-7,11H,1H2,2-3H3/t11-/m0/s1. The molecular weight excluding hydrogens is 246 g/mol. The van der Waals surface area contributed by atoms with Crippen LogP contribution in [0.1, 0.15) is 27.6 Å². The van der Waals surface area contributed by atoms with Gasteiger partial charge in [0.2, 0.25) is 0 Å². The molecule has 0 aliphatic carbocycles. The maximum absolute atomic E-state index is 12.2. The maximum Gasteiger partial charge on any atom is 0.333 e. The molecule has 1 atom stereocenters. The van der Waals surface area contributed by atoms with Gasteiger partial charge in [0, 0.05) is 0 Å². The first-order valence-electron chi connectivity index (χ1n) is 5.69. The van der Waals surface area contributed by atoms with E-state index in [2.05, 4.69) is 11.3 Å². The van der Waals surface area contributed by atoms with Crippen LogP contribution in [0.15, 0.2) is 36.4 Å². The van der Waals surface area contributed by atoms with E-state index >= 15 is 0 Å². The third-order valence-electron chi connectivity index (χ3n) is 2.97. The van der Waals surface area contributed by atoms with E-state index in [4.69, 9.17) is 0 Å². The minimum atomic E-state index is -1.09. The number of imide groups is 1. The molecule has 19 heavy (non-hydrogen) atoms. The van der Waals surface area contributed by atoms with Crippen LogP contribution in [0.2, 0.25) is 0 Å². The van der Waals surface area contributed by atoms with E-state index in [0.717, 1.165) is 4.90 Å². The van der Waals surface area contributed by atoms with E-state index in [0.29, 0.717) is 16.7 Å². The second-order valence-corrected chi connectivity index (χ2v) is 4.30. The maximum atomic E-state index is 12.2. The van der Waals surface area contributed by atoms with E-state index in [1.165, 1.54) is 7.11 Å². The van der Waals surface area contributed by atoms with Crippen molar-refractivity contribution in [2.75, 3.05) is 7.11 Å². The van der Waals surface area contributed by atoms with Crippen molar-refractivity contribution in [3.8, 4) is 0 Å². The molecule has 2 rings (SSSR count). The zero-order chi connectivity index (χ0) is 14.2. The summed E-state index contributed by atoms with van der Waals surface area (Å²) in [6.45, 7) is 5.23. The van der Waals surface area contributed by atoms with Crippen molar-refractivity contribution in [3.05, 3.63) is 47.5 Å². The highest BCUT2D eigenvalue weighted by atomic mass is 16.5. The quantitative estimate of drug-likeness (QED) is 0.467. The Bertz CT molecular complexity index is 556. The molecule has 0 saturated heterocycles. The van der Waals surface area contributed by atoms with E-state index in [1.54, 1.807) is 31.2 Å². The van der Waals surface area contributed by atoms with Crippen LogP contribution in [-0.4, -0.2) is 35.8 Å². The highest BCUT2D eigenvalue weighted by molar-refractivity contribution is 6.23. The number of esters is 1. The molecule has 2 amide bonds. The van der Waals surface area contributed by atoms with Gasteiger partial charge in [-0.15, -0.1) is 0 Å². The summed E-state index contributed by atoms with van der Waals surface area (Å²) in [5.41, 5.74) is 0.965. The summed E-state index contributed by atoms with van der Waals surface area (Å²) in [4.78, 5) is 37.1. The number of amides is 2. The number of nitrogens with zero attached hydrogens (tertiary/aromatic N) is 1. The highest BCUT2D eigenvalue weighted by Crippen LogP contribution is 2.26. The second-order valence-electron chi connectivity index (χ2n) is 4.30. The van der Waals surface area contributed by atoms with Crippen molar-refractivity contribution in [3.63, 3.8) is 0 Å². The third kappa shape index (κ3) is 1.93. The molecule has 0 radical (unpaired) electrons. The Morgan fingerprint density at radius 3 is 2.05 bits per heavy atom. The molecule has 1 aromatic rings. The molecule has 5 nitrogen and oxygen atoms in total. The van der Waals surface area contributed by atoms with Crippen molar-refractivity contribution < 1.29 is 19.1 Å². The summed E-state index contributed by atoms with van der Waals surface area (Å²) in [7, 11) is 1.20. The Kier molecular flexibility index (Phi) is 3.21. The van der Waals surface area contributed by atoms with Gasteiger partial charge in [-0.1, -0.05) is 18.7 Å². The average Bonchev–Trinajstić information content (AvgIpc) is 2.64. The average molecular weight is 259 g/mol. The smallest absolute Gasteiger partial charge is 0.333 e. The lowest BCUT2D eigenvalue weighted by molar-refractivity contribution is -0.143. The summed E-state index contributed by atoms with van der Waals surface area (Å²) in [5.74, 6) is -1.68. The number of rotatable bonds is 3. The van der Waals surface area contributed by atoms with E-state index in [-0.39, 0.29) is 0 Å². The number of fused-ring (bicyclic) bond motifs is 1. The number of hydrogen-bond acceptors (Lipinski definition) is 4. The fourth-order valence-corrected chi connectivity index (χ4v) is 2.08. The van der Waals surface area contributed by atoms with E-state index < -0.39 is 23.8 Å². The lowest BCUT2D eigenvalue weighted by atomic mass is 10.1. The summed E-state index contributed by atoms with van der Waals surface area (Å²) in [5, 5.41) is 0. The molecule has 1 aliphatic rings. The van der Waals surface area contributed by atoms with Gasteiger partial charge in [-0.3, -0.25) is 14.5 Å². The Hall–Kier alpha value is -2.43. The van der Waals surface area contributed by atoms with Crippen molar-refractivity contribution in [2.45, 2.75) is 13.0 Å². The van der Waals surface area contributed by atoms with Crippen LogP contribution < -0.4 is 0 Å². The van der Waals surface area contributed by atoms with Crippen LogP contribution in [-0.2, 0) is 9.53 Å². The molecule has 98 valence electrons. The van der Waals surface area contributed by atoms with Crippen LogP contribution in [0.4, 0.5) is 0 Å². The highest BCUT2D eigenvalue weighted by Gasteiger charge is 2.43. The van der Waals surface area contributed by atoms with Crippen LogP contribution in [0, 0.1) is 0 Å². The Morgan fingerprint density at radius 1 is 1.21 bits per heavy atom. The van der Waals surface area contributed by atoms with Gasteiger partial charge in [0.15, 0.2) is 6.04 Å².